The highest BCUT2D eigenvalue weighted by Crippen LogP contribution is 2.19. The molecule has 116 valence electrons. The van der Waals surface area contributed by atoms with Crippen LogP contribution in [0.4, 0.5) is 4.39 Å². The number of nitrogens with two attached hydrogens (primary N) is 1. The van der Waals surface area contributed by atoms with E-state index in [0.717, 1.165) is 32.5 Å². The fourth-order valence-corrected chi connectivity index (χ4v) is 3.03. The molecule has 1 aromatic rings. The fourth-order valence-electron chi connectivity index (χ4n) is 2.90. The Kier molecular flexibility index (Phi) is 5.67. The minimum Gasteiger partial charge on any atom is -0.389 e. The molecule has 0 bridgehead atoms. The molecule has 0 saturated carbocycles. The van der Waals surface area contributed by atoms with Crippen molar-refractivity contribution in [1.29, 1.82) is 0 Å². The molecule has 2 N–H and O–H groups in total. The Morgan fingerprint density at radius 1 is 1.43 bits per heavy atom. The molecule has 0 radical (unpaired) electrons. The lowest BCUT2D eigenvalue weighted by Crippen LogP contribution is -2.43. The van der Waals surface area contributed by atoms with E-state index in [9.17, 15) is 4.39 Å². The van der Waals surface area contributed by atoms with Crippen LogP contribution in [0.1, 0.15) is 30.9 Å². The van der Waals surface area contributed by atoms with E-state index in [1.165, 1.54) is 6.07 Å². The molecule has 1 aromatic carbocycles. The standard InChI is InChI=1S/C16H24FN3S/c1-3-20-8-6-14(7-9-20)19(2)11-13-5-4-12(16(18)21)10-15(13)17/h4-5,10,14H,3,6-9,11H2,1-2H3,(H2,18,21). The monoisotopic (exact) mass is 309 g/mol. The van der Waals surface area contributed by atoms with Gasteiger partial charge in [-0.2, -0.15) is 0 Å². The SMILES string of the molecule is CCN1CCC(N(C)Cc2ccc(C(N)=S)cc2F)CC1. The molecule has 1 heterocycles. The van der Waals surface area contributed by atoms with Gasteiger partial charge in [0.1, 0.15) is 10.8 Å². The van der Waals surface area contributed by atoms with Crippen LogP contribution >= 0.6 is 12.2 Å². The Hall–Kier alpha value is -1.04. The second-order valence-corrected chi connectivity index (χ2v) is 6.19. The Morgan fingerprint density at radius 2 is 2.10 bits per heavy atom. The number of halogens is 1. The molecule has 1 saturated heterocycles. The van der Waals surface area contributed by atoms with E-state index in [0.29, 0.717) is 23.7 Å². The Bertz CT molecular complexity index is 498. The number of benzene rings is 1. The Balaban J connectivity index is 1.96. The van der Waals surface area contributed by atoms with E-state index in [2.05, 4.69) is 23.8 Å². The van der Waals surface area contributed by atoms with Gasteiger partial charge in [0, 0.05) is 23.7 Å². The van der Waals surface area contributed by atoms with Crippen molar-refractivity contribution in [2.24, 2.45) is 5.73 Å². The maximum atomic E-state index is 14.1. The topological polar surface area (TPSA) is 32.5 Å². The van der Waals surface area contributed by atoms with Crippen molar-refractivity contribution in [3.8, 4) is 0 Å². The number of piperidine rings is 1. The van der Waals surface area contributed by atoms with Crippen LogP contribution in [-0.2, 0) is 6.54 Å². The summed E-state index contributed by atoms with van der Waals surface area (Å²) in [7, 11) is 2.08. The van der Waals surface area contributed by atoms with Crippen LogP contribution in [0.5, 0.6) is 0 Å². The smallest absolute Gasteiger partial charge is 0.128 e. The van der Waals surface area contributed by atoms with Gasteiger partial charge in [0.2, 0.25) is 0 Å². The zero-order valence-electron chi connectivity index (χ0n) is 12.8. The molecule has 0 spiro atoms. The van der Waals surface area contributed by atoms with E-state index in [-0.39, 0.29) is 10.8 Å². The summed E-state index contributed by atoms with van der Waals surface area (Å²) < 4.78 is 14.1. The summed E-state index contributed by atoms with van der Waals surface area (Å²) in [6, 6.07) is 5.56. The quantitative estimate of drug-likeness (QED) is 0.847. The number of hydrogen-bond acceptors (Lipinski definition) is 3. The van der Waals surface area contributed by atoms with E-state index in [4.69, 9.17) is 18.0 Å². The van der Waals surface area contributed by atoms with Crippen LogP contribution in [0.15, 0.2) is 18.2 Å². The normalized spacial score (nSPS) is 17.3. The fraction of sp³-hybridized carbons (Fsp3) is 0.562. The van der Waals surface area contributed by atoms with Crippen molar-refractivity contribution < 1.29 is 4.39 Å². The first-order valence-corrected chi connectivity index (χ1v) is 7.93. The highest BCUT2D eigenvalue weighted by Gasteiger charge is 2.22. The molecule has 0 atom stereocenters. The van der Waals surface area contributed by atoms with Crippen LogP contribution in [0.25, 0.3) is 0 Å². The summed E-state index contributed by atoms with van der Waals surface area (Å²) in [5.41, 5.74) is 6.82. The molecule has 1 fully saturated rings. The van der Waals surface area contributed by atoms with Gasteiger partial charge < -0.3 is 10.6 Å². The van der Waals surface area contributed by atoms with Gasteiger partial charge in [-0.05, 0) is 45.6 Å². The van der Waals surface area contributed by atoms with Crippen molar-refractivity contribution in [2.45, 2.75) is 32.4 Å². The Morgan fingerprint density at radius 3 is 2.62 bits per heavy atom. The Labute approximate surface area is 131 Å². The number of nitrogens with zero attached hydrogens (tertiary/aromatic N) is 2. The second kappa shape index (κ2) is 7.29. The average molecular weight is 309 g/mol. The van der Waals surface area contributed by atoms with Gasteiger partial charge in [-0.25, -0.2) is 4.39 Å². The van der Waals surface area contributed by atoms with Crippen molar-refractivity contribution in [3.05, 3.63) is 35.1 Å². The molecule has 21 heavy (non-hydrogen) atoms. The van der Waals surface area contributed by atoms with Gasteiger partial charge in [-0.1, -0.05) is 31.3 Å². The van der Waals surface area contributed by atoms with E-state index < -0.39 is 0 Å². The molecule has 1 aliphatic rings. The van der Waals surface area contributed by atoms with Gasteiger partial charge in [0.05, 0.1) is 0 Å². The predicted molar refractivity (Wildman–Crippen MR) is 88.9 cm³/mol. The van der Waals surface area contributed by atoms with Crippen LogP contribution in [0.3, 0.4) is 0 Å². The van der Waals surface area contributed by atoms with Crippen LogP contribution in [0, 0.1) is 5.82 Å². The average Bonchev–Trinajstić information content (AvgIpc) is 2.49. The zero-order chi connectivity index (χ0) is 15.4. The maximum Gasteiger partial charge on any atom is 0.128 e. The summed E-state index contributed by atoms with van der Waals surface area (Å²) >= 11 is 4.87. The van der Waals surface area contributed by atoms with Crippen LogP contribution in [-0.4, -0.2) is 47.5 Å². The summed E-state index contributed by atoms with van der Waals surface area (Å²) in [5.74, 6) is -0.224. The lowest BCUT2D eigenvalue weighted by Gasteiger charge is -2.36. The van der Waals surface area contributed by atoms with E-state index in [1.807, 2.05) is 0 Å². The van der Waals surface area contributed by atoms with Gasteiger partial charge >= 0.3 is 0 Å². The summed E-state index contributed by atoms with van der Waals surface area (Å²) in [6.07, 6.45) is 2.30. The van der Waals surface area contributed by atoms with Gasteiger partial charge in [-0.15, -0.1) is 0 Å². The molecule has 0 aliphatic carbocycles. The third-order valence-corrected chi connectivity index (χ3v) is 4.62. The van der Waals surface area contributed by atoms with Crippen molar-refractivity contribution in [1.82, 2.24) is 9.80 Å². The third kappa shape index (κ3) is 4.22. The minimum absolute atomic E-state index is 0.224. The highest BCUT2D eigenvalue weighted by atomic mass is 32.1. The molecule has 0 aromatic heterocycles. The molecule has 0 unspecified atom stereocenters. The highest BCUT2D eigenvalue weighted by molar-refractivity contribution is 7.80. The lowest BCUT2D eigenvalue weighted by molar-refractivity contribution is 0.126. The summed E-state index contributed by atoms with van der Waals surface area (Å²) in [4.78, 5) is 4.95. The molecular formula is C16H24FN3S. The lowest BCUT2D eigenvalue weighted by atomic mass is 10.0. The van der Waals surface area contributed by atoms with E-state index in [1.54, 1.807) is 12.1 Å². The van der Waals surface area contributed by atoms with Crippen molar-refractivity contribution in [2.75, 3.05) is 26.7 Å². The predicted octanol–water partition coefficient (Wildman–Crippen LogP) is 2.38. The molecule has 5 heteroatoms. The summed E-state index contributed by atoms with van der Waals surface area (Å²) in [5, 5.41) is 0. The first-order chi connectivity index (χ1) is 10.0. The molecule has 1 aliphatic heterocycles. The van der Waals surface area contributed by atoms with Crippen LogP contribution in [0.2, 0.25) is 0 Å². The number of likely N-dealkylation sites (tertiary alicyclic amines) is 1. The number of hydrogen-bond donors (Lipinski definition) is 1. The third-order valence-electron chi connectivity index (χ3n) is 4.38. The first-order valence-electron chi connectivity index (χ1n) is 7.52. The van der Waals surface area contributed by atoms with E-state index >= 15 is 0 Å². The molecule has 3 nitrogen and oxygen atoms in total. The molecule has 2 rings (SSSR count). The van der Waals surface area contributed by atoms with Gasteiger partial charge in [0.25, 0.3) is 0 Å². The minimum atomic E-state index is -0.224. The van der Waals surface area contributed by atoms with Crippen molar-refractivity contribution in [3.63, 3.8) is 0 Å². The van der Waals surface area contributed by atoms with Gasteiger partial charge in [-0.3, -0.25) is 4.90 Å². The molecular weight excluding hydrogens is 285 g/mol. The first kappa shape index (κ1) is 16.3. The zero-order valence-corrected chi connectivity index (χ0v) is 13.6. The summed E-state index contributed by atoms with van der Waals surface area (Å²) in [6.45, 7) is 6.21. The number of rotatable bonds is 5. The van der Waals surface area contributed by atoms with Crippen molar-refractivity contribution >= 4 is 17.2 Å². The van der Waals surface area contributed by atoms with Gasteiger partial charge in [0.15, 0.2) is 0 Å². The largest absolute Gasteiger partial charge is 0.389 e. The number of thiocarbonyl (C=S) groups is 1. The van der Waals surface area contributed by atoms with Crippen LogP contribution < -0.4 is 5.73 Å². The maximum absolute atomic E-state index is 14.1. The molecule has 0 amide bonds. The second-order valence-electron chi connectivity index (χ2n) is 5.75.